The molecule has 1 aliphatic heterocycles. The van der Waals surface area contributed by atoms with E-state index in [9.17, 15) is 4.79 Å². The quantitative estimate of drug-likeness (QED) is 0.838. The largest absolute Gasteiger partial charge is 0.383 e. The predicted octanol–water partition coefficient (Wildman–Crippen LogP) is 2.51. The molecule has 6 heteroatoms. The fourth-order valence-electron chi connectivity index (χ4n) is 3.09. The molecule has 24 heavy (non-hydrogen) atoms. The SMILES string of the molecule is COCCN(Cc1nccs1)C(=O)c1ccccc1C1CCNC1. The summed E-state index contributed by atoms with van der Waals surface area (Å²) in [4.78, 5) is 19.3. The minimum atomic E-state index is 0.0600. The summed E-state index contributed by atoms with van der Waals surface area (Å²) >= 11 is 1.57. The molecule has 2 aromatic rings. The van der Waals surface area contributed by atoms with Gasteiger partial charge in [0.2, 0.25) is 0 Å². The first-order valence-electron chi connectivity index (χ1n) is 8.26. The lowest BCUT2D eigenvalue weighted by atomic mass is 9.93. The fraction of sp³-hybridized carbons (Fsp3) is 0.444. The highest BCUT2D eigenvalue weighted by Gasteiger charge is 2.25. The molecule has 128 valence electrons. The van der Waals surface area contributed by atoms with Gasteiger partial charge in [0.05, 0.1) is 13.2 Å². The maximum absolute atomic E-state index is 13.2. The average molecular weight is 345 g/mol. The van der Waals surface area contributed by atoms with Crippen LogP contribution in [0.5, 0.6) is 0 Å². The van der Waals surface area contributed by atoms with Gasteiger partial charge in [-0.15, -0.1) is 11.3 Å². The Labute approximate surface area is 146 Å². The fourth-order valence-corrected chi connectivity index (χ4v) is 3.72. The van der Waals surface area contributed by atoms with E-state index in [1.54, 1.807) is 24.6 Å². The van der Waals surface area contributed by atoms with Crippen LogP contribution in [0.2, 0.25) is 0 Å². The minimum Gasteiger partial charge on any atom is -0.383 e. The summed E-state index contributed by atoms with van der Waals surface area (Å²) in [6, 6.07) is 7.99. The molecule has 2 heterocycles. The number of nitrogens with zero attached hydrogens (tertiary/aromatic N) is 2. The Bertz CT molecular complexity index is 654. The van der Waals surface area contributed by atoms with Gasteiger partial charge in [0.25, 0.3) is 5.91 Å². The number of ether oxygens (including phenoxy) is 1. The molecule has 0 radical (unpaired) electrons. The number of amides is 1. The Morgan fingerprint density at radius 1 is 1.46 bits per heavy atom. The van der Waals surface area contributed by atoms with Crippen LogP contribution in [0.1, 0.15) is 33.3 Å². The van der Waals surface area contributed by atoms with Crippen LogP contribution in [0.3, 0.4) is 0 Å². The lowest BCUT2D eigenvalue weighted by Crippen LogP contribution is -2.34. The van der Waals surface area contributed by atoms with Crippen LogP contribution in [0.4, 0.5) is 0 Å². The molecule has 1 aliphatic rings. The molecule has 1 amide bonds. The molecule has 0 spiro atoms. The first-order valence-corrected chi connectivity index (χ1v) is 9.13. The van der Waals surface area contributed by atoms with Crippen molar-refractivity contribution in [2.45, 2.75) is 18.9 Å². The van der Waals surface area contributed by atoms with Gasteiger partial charge in [-0.2, -0.15) is 0 Å². The minimum absolute atomic E-state index is 0.0600. The summed E-state index contributed by atoms with van der Waals surface area (Å²) in [5.74, 6) is 0.471. The molecule has 3 rings (SSSR count). The standard InChI is InChI=1S/C18H23N3O2S/c1-23-10-9-21(13-17-20-8-11-24-17)18(22)16-5-3-2-4-15(16)14-6-7-19-12-14/h2-5,8,11,14,19H,6-7,9-10,12-13H2,1H3. The molecule has 1 fully saturated rings. The van der Waals surface area contributed by atoms with Gasteiger partial charge in [0, 0.05) is 37.3 Å². The van der Waals surface area contributed by atoms with Crippen molar-refractivity contribution >= 4 is 17.2 Å². The monoisotopic (exact) mass is 345 g/mol. The maximum Gasteiger partial charge on any atom is 0.254 e. The van der Waals surface area contributed by atoms with Crippen LogP contribution in [-0.4, -0.2) is 49.1 Å². The second kappa shape index (κ2) is 8.37. The van der Waals surface area contributed by atoms with E-state index >= 15 is 0 Å². The van der Waals surface area contributed by atoms with E-state index in [-0.39, 0.29) is 5.91 Å². The van der Waals surface area contributed by atoms with Crippen molar-refractivity contribution in [2.24, 2.45) is 0 Å². The number of hydrogen-bond donors (Lipinski definition) is 1. The zero-order chi connectivity index (χ0) is 16.8. The van der Waals surface area contributed by atoms with Crippen LogP contribution in [0, 0.1) is 0 Å². The van der Waals surface area contributed by atoms with Crippen LogP contribution >= 0.6 is 11.3 Å². The molecule has 5 nitrogen and oxygen atoms in total. The van der Waals surface area contributed by atoms with E-state index in [0.717, 1.165) is 35.6 Å². The Morgan fingerprint density at radius 2 is 2.33 bits per heavy atom. The second-order valence-corrected chi connectivity index (χ2v) is 6.90. The molecule has 1 atom stereocenters. The number of rotatable bonds is 7. The number of carbonyl (C=O) groups excluding carboxylic acids is 1. The van der Waals surface area contributed by atoms with Crippen molar-refractivity contribution in [1.82, 2.24) is 15.2 Å². The number of carbonyl (C=O) groups is 1. The zero-order valence-corrected chi connectivity index (χ0v) is 14.7. The zero-order valence-electron chi connectivity index (χ0n) is 13.9. The third-order valence-electron chi connectivity index (χ3n) is 4.35. The number of thiazole rings is 1. The number of methoxy groups -OCH3 is 1. The molecule has 0 aliphatic carbocycles. The summed E-state index contributed by atoms with van der Waals surface area (Å²) in [6.07, 6.45) is 2.85. The molecule has 1 aromatic heterocycles. The van der Waals surface area contributed by atoms with Crippen LogP contribution < -0.4 is 5.32 Å². The first-order chi connectivity index (χ1) is 11.8. The summed E-state index contributed by atoms with van der Waals surface area (Å²) in [6.45, 7) is 3.56. The average Bonchev–Trinajstić information content (AvgIpc) is 3.31. The third kappa shape index (κ3) is 4.01. The van der Waals surface area contributed by atoms with E-state index in [4.69, 9.17) is 4.74 Å². The highest BCUT2D eigenvalue weighted by molar-refractivity contribution is 7.09. The van der Waals surface area contributed by atoms with Crippen LogP contribution in [0.25, 0.3) is 0 Å². The predicted molar refractivity (Wildman–Crippen MR) is 95.4 cm³/mol. The van der Waals surface area contributed by atoms with Crippen LogP contribution in [0.15, 0.2) is 35.8 Å². The van der Waals surface area contributed by atoms with Gasteiger partial charge in [-0.1, -0.05) is 18.2 Å². The summed E-state index contributed by atoms with van der Waals surface area (Å²) < 4.78 is 5.19. The van der Waals surface area contributed by atoms with Crippen molar-refractivity contribution in [3.05, 3.63) is 52.0 Å². The molecule has 1 N–H and O–H groups in total. The first kappa shape index (κ1) is 17.1. The number of nitrogens with one attached hydrogen (secondary N) is 1. The van der Waals surface area contributed by atoms with Gasteiger partial charge in [-0.3, -0.25) is 4.79 Å². The lowest BCUT2D eigenvalue weighted by Gasteiger charge is -2.24. The molecular formula is C18H23N3O2S. The Morgan fingerprint density at radius 3 is 3.04 bits per heavy atom. The highest BCUT2D eigenvalue weighted by atomic mass is 32.1. The lowest BCUT2D eigenvalue weighted by molar-refractivity contribution is 0.0678. The summed E-state index contributed by atoms with van der Waals surface area (Å²) in [7, 11) is 1.66. The van der Waals surface area contributed by atoms with Gasteiger partial charge in [-0.05, 0) is 30.5 Å². The highest BCUT2D eigenvalue weighted by Crippen LogP contribution is 2.27. The molecule has 0 bridgehead atoms. The van der Waals surface area contributed by atoms with Crippen molar-refractivity contribution in [2.75, 3.05) is 33.4 Å². The number of benzene rings is 1. The van der Waals surface area contributed by atoms with E-state index in [1.807, 2.05) is 28.5 Å². The Kier molecular flexibility index (Phi) is 5.96. The third-order valence-corrected chi connectivity index (χ3v) is 5.12. The van der Waals surface area contributed by atoms with Crippen molar-refractivity contribution in [3.63, 3.8) is 0 Å². The summed E-state index contributed by atoms with van der Waals surface area (Å²) in [5, 5.41) is 6.26. The molecule has 0 saturated carbocycles. The number of hydrogen-bond acceptors (Lipinski definition) is 5. The molecular weight excluding hydrogens is 322 g/mol. The van der Waals surface area contributed by atoms with E-state index in [0.29, 0.717) is 25.6 Å². The Hall–Kier alpha value is -1.76. The van der Waals surface area contributed by atoms with Crippen molar-refractivity contribution in [1.29, 1.82) is 0 Å². The van der Waals surface area contributed by atoms with E-state index in [2.05, 4.69) is 16.4 Å². The number of aromatic nitrogens is 1. The molecule has 1 saturated heterocycles. The second-order valence-electron chi connectivity index (χ2n) is 5.92. The normalized spacial score (nSPS) is 17.1. The molecule has 1 aromatic carbocycles. The van der Waals surface area contributed by atoms with Gasteiger partial charge >= 0.3 is 0 Å². The van der Waals surface area contributed by atoms with Crippen molar-refractivity contribution in [3.8, 4) is 0 Å². The molecule has 1 unspecified atom stereocenters. The Balaban J connectivity index is 1.83. The topological polar surface area (TPSA) is 54.5 Å². The smallest absolute Gasteiger partial charge is 0.254 e. The van der Waals surface area contributed by atoms with Gasteiger partial charge < -0.3 is 15.0 Å². The van der Waals surface area contributed by atoms with Gasteiger partial charge in [0.15, 0.2) is 0 Å². The van der Waals surface area contributed by atoms with E-state index < -0.39 is 0 Å². The van der Waals surface area contributed by atoms with Crippen LogP contribution in [-0.2, 0) is 11.3 Å². The van der Waals surface area contributed by atoms with Gasteiger partial charge in [-0.25, -0.2) is 4.98 Å². The van der Waals surface area contributed by atoms with Gasteiger partial charge in [0.1, 0.15) is 5.01 Å². The van der Waals surface area contributed by atoms with Crippen molar-refractivity contribution < 1.29 is 9.53 Å². The maximum atomic E-state index is 13.2. The van der Waals surface area contributed by atoms with E-state index in [1.165, 1.54) is 0 Å². The summed E-state index contributed by atoms with van der Waals surface area (Å²) in [5.41, 5.74) is 1.95.